The number of rotatable bonds is 30. The van der Waals surface area contributed by atoms with Crippen LogP contribution in [0.2, 0.25) is 0 Å². The number of hydrogen-bond donors (Lipinski definition) is 8. The number of pyridine rings is 1. The molecular weight excluding hydrogens is 1470 g/mol. The van der Waals surface area contributed by atoms with E-state index in [0.717, 1.165) is 22.7 Å². The van der Waals surface area contributed by atoms with Gasteiger partial charge in [-0.05, 0) is 69.5 Å². The zero-order valence-electron chi connectivity index (χ0n) is 60.8. The van der Waals surface area contributed by atoms with Crippen LogP contribution in [-0.2, 0) is 52.0 Å². The molecule has 12 rings (SSSR count). The van der Waals surface area contributed by atoms with Crippen LogP contribution in [0.4, 0.5) is 11.9 Å². The highest BCUT2D eigenvalue weighted by atomic mass is 32.1. The van der Waals surface area contributed by atoms with Gasteiger partial charge in [-0.2, -0.15) is 15.1 Å². The van der Waals surface area contributed by atoms with Crippen molar-refractivity contribution in [2.24, 2.45) is 32.9 Å². The predicted molar refractivity (Wildman–Crippen MR) is 399 cm³/mol. The van der Waals surface area contributed by atoms with Crippen molar-refractivity contribution >= 4 is 125 Å². The number of ether oxygens (including phenoxy) is 2. The summed E-state index contributed by atoms with van der Waals surface area (Å²) in [6.07, 6.45) is 11.7. The van der Waals surface area contributed by atoms with E-state index in [1.54, 1.807) is 74.9 Å². The molecular formula is C71H76N22O15S2. The summed E-state index contributed by atoms with van der Waals surface area (Å²) in [4.78, 5) is 147. The molecule has 8 amide bonds. The molecule has 2 aromatic carbocycles. The Morgan fingerprint density at radius 2 is 1.02 bits per heavy atom. The topological polar surface area (TPSA) is 528 Å². The molecule has 0 saturated carbocycles. The quantitative estimate of drug-likeness (QED) is 0.0194. The van der Waals surface area contributed by atoms with Gasteiger partial charge in [0.15, 0.2) is 43.4 Å². The van der Waals surface area contributed by atoms with Crippen molar-refractivity contribution in [1.82, 2.24) is 67.9 Å². The number of primary amides is 4. The van der Waals surface area contributed by atoms with Crippen molar-refractivity contribution in [1.29, 1.82) is 0 Å². The Kier molecular flexibility index (Phi) is 24.3. The third-order valence-electron chi connectivity index (χ3n) is 16.5. The van der Waals surface area contributed by atoms with E-state index in [1.807, 2.05) is 39.8 Å². The fraction of sp³-hybridized carbons (Fsp3) is 0.310. The lowest BCUT2D eigenvalue weighted by atomic mass is 10.1. The Balaban J connectivity index is 0.000000218. The van der Waals surface area contributed by atoms with Gasteiger partial charge in [-0.3, -0.25) is 62.8 Å². The van der Waals surface area contributed by atoms with Crippen LogP contribution in [0.3, 0.4) is 0 Å². The summed E-state index contributed by atoms with van der Waals surface area (Å²) in [5.41, 5.74) is 27.4. The lowest BCUT2D eigenvalue weighted by molar-refractivity contribution is 0.0961. The SMILES string of the molecule is CCc1nc(C)oc1C(=O)N=c1sc2cc(C(N)=O)cc(OCCCO)c2n1C/C=C/Cn1c(NC(=O)c2cc(C)nn2CC)nc2cc(C(N)=O)cnc21.CCc1nc(C)oc1C(=O)N=c1sc2nc(C(N)=O)cnc2n1C/C=C/Cn1c(NC(=O)c2oc(C)nc2CC)nc2cc(C(N)=O)cc(OCCCO)c21. The van der Waals surface area contributed by atoms with Gasteiger partial charge in [-0.25, -0.2) is 39.9 Å². The average Bonchev–Trinajstić information content (AvgIpc) is 1.41. The molecule has 0 atom stereocenters. The summed E-state index contributed by atoms with van der Waals surface area (Å²) in [5.74, 6) is -3.25. The number of aliphatic hydroxyl groups is 2. The number of aliphatic hydroxyl groups excluding tert-OH is 2. The Labute approximate surface area is 631 Å². The number of benzene rings is 2. The molecule has 572 valence electrons. The standard InChI is InChI=1S/C36H39N11O7S.C35H37N11O8S/c1-5-23-29(54-20(4)40-23)34(52)43-36-45(28-26(53-13-9-12-48)16-21(30(37)49)17-27(28)55-36)10-7-8-11-46-32-24(15-22(18-39-32)31(38)50)41-35(46)42-33(51)25-14-19(3)44-47(25)6-2;1-5-20-26(53-17(3)39-20)31(50)43-34-42-22-14-19(28(36)48)15-24(52-13-9-12-47)25(22)45(34)10-7-8-11-46-30-33(41-23(16-38-30)29(37)49)55-35(46)44-32(51)27-21(6-2)40-18(4)54-27/h7-8,14-18,48H,5-6,9-13H2,1-4H3,(H2,37,49)(H2,38,50)(H,41,42,51);7-8,14-16,47H,5-6,9-13H2,1-4H3,(H2,36,48)(H2,37,49)(H,42,43,50)/b8-7+,43-36?;8-7+,44-35?. The first-order valence-electron chi connectivity index (χ1n) is 34.5. The molecule has 0 unspecified atom stereocenters. The molecule has 37 nitrogen and oxygen atoms in total. The van der Waals surface area contributed by atoms with E-state index < -0.39 is 47.3 Å². The van der Waals surface area contributed by atoms with Crippen LogP contribution >= 0.6 is 22.7 Å². The van der Waals surface area contributed by atoms with E-state index in [2.05, 4.69) is 65.6 Å². The van der Waals surface area contributed by atoms with Crippen molar-refractivity contribution in [3.05, 3.63) is 169 Å². The minimum absolute atomic E-state index is 0.0166. The Bertz CT molecular complexity index is 5810. The van der Waals surface area contributed by atoms with E-state index in [0.29, 0.717) is 133 Å². The van der Waals surface area contributed by atoms with Gasteiger partial charge in [0.1, 0.15) is 39.4 Å². The number of nitrogens with one attached hydrogen (secondary N) is 2. The second kappa shape index (κ2) is 34.3. The summed E-state index contributed by atoms with van der Waals surface area (Å²) >= 11 is 2.18. The first kappa shape index (κ1) is 78.1. The van der Waals surface area contributed by atoms with Crippen LogP contribution in [0, 0.1) is 27.7 Å². The number of anilines is 2. The van der Waals surface area contributed by atoms with Crippen LogP contribution in [0.15, 0.2) is 96.3 Å². The van der Waals surface area contributed by atoms with Gasteiger partial charge in [0.25, 0.3) is 17.7 Å². The molecule has 0 fully saturated rings. The van der Waals surface area contributed by atoms with Gasteiger partial charge in [-0.15, -0.1) is 0 Å². The number of aryl methyl sites for hydroxylation is 8. The van der Waals surface area contributed by atoms with Gasteiger partial charge in [0, 0.05) is 96.9 Å². The number of aromatic nitrogens is 14. The summed E-state index contributed by atoms with van der Waals surface area (Å²) in [6, 6.07) is 9.25. The zero-order chi connectivity index (χ0) is 78.8. The van der Waals surface area contributed by atoms with Crippen molar-refractivity contribution in [3.8, 4) is 11.5 Å². The highest BCUT2D eigenvalue weighted by molar-refractivity contribution is 7.16. The van der Waals surface area contributed by atoms with Crippen LogP contribution in [0.1, 0.15) is 165 Å². The molecule has 39 heteroatoms. The number of thiazole rings is 2. The molecule has 10 aromatic heterocycles. The zero-order valence-corrected chi connectivity index (χ0v) is 62.4. The van der Waals surface area contributed by atoms with Gasteiger partial charge in [0.05, 0.1) is 58.0 Å². The number of imidazole rings is 2. The van der Waals surface area contributed by atoms with Gasteiger partial charge in [0.2, 0.25) is 46.9 Å². The molecule has 0 aliphatic rings. The first-order chi connectivity index (χ1) is 52.8. The molecule has 0 saturated heterocycles. The maximum Gasteiger partial charge on any atom is 0.317 e. The van der Waals surface area contributed by atoms with Crippen LogP contribution in [0.25, 0.3) is 42.9 Å². The Hall–Kier alpha value is -13.0. The van der Waals surface area contributed by atoms with Crippen molar-refractivity contribution in [3.63, 3.8) is 0 Å². The number of carbonyl (C=O) groups excluding carboxylic acids is 8. The predicted octanol–water partition coefficient (Wildman–Crippen LogP) is 5.81. The molecule has 0 aliphatic heterocycles. The van der Waals surface area contributed by atoms with Crippen molar-refractivity contribution in [2.75, 3.05) is 37.1 Å². The average molecular weight is 1540 g/mol. The highest BCUT2D eigenvalue weighted by Gasteiger charge is 2.27. The molecule has 10 heterocycles. The number of allylic oxidation sites excluding steroid dienone is 4. The third-order valence-corrected chi connectivity index (χ3v) is 18.5. The van der Waals surface area contributed by atoms with Crippen LogP contribution < -0.4 is 52.6 Å². The second-order valence-corrected chi connectivity index (χ2v) is 26.2. The molecule has 0 bridgehead atoms. The number of fused-ring (bicyclic) bond motifs is 4. The maximum absolute atomic E-state index is 13.5. The largest absolute Gasteiger partial charge is 0.491 e. The van der Waals surface area contributed by atoms with Crippen LogP contribution in [-0.4, -0.2) is 152 Å². The molecule has 110 heavy (non-hydrogen) atoms. The fourth-order valence-electron chi connectivity index (χ4n) is 11.5. The summed E-state index contributed by atoms with van der Waals surface area (Å²) in [6.45, 7) is 15.2. The molecule has 0 spiro atoms. The lowest BCUT2D eigenvalue weighted by Crippen LogP contribution is -2.20. The van der Waals surface area contributed by atoms with E-state index in [4.69, 9.17) is 45.7 Å². The fourth-order valence-corrected chi connectivity index (χ4v) is 13.6. The van der Waals surface area contributed by atoms with Gasteiger partial charge >= 0.3 is 11.8 Å². The summed E-state index contributed by atoms with van der Waals surface area (Å²) in [7, 11) is 0. The normalized spacial score (nSPS) is 12.0. The monoisotopic (exact) mass is 1540 g/mol. The Morgan fingerprint density at radius 3 is 1.58 bits per heavy atom. The maximum atomic E-state index is 13.5. The summed E-state index contributed by atoms with van der Waals surface area (Å²) in [5, 5.41) is 28.8. The third kappa shape index (κ3) is 17.2. The van der Waals surface area contributed by atoms with Crippen molar-refractivity contribution in [2.45, 2.75) is 120 Å². The number of hydrogen-bond acceptors (Lipinski definition) is 26. The smallest absolute Gasteiger partial charge is 0.317 e. The van der Waals surface area contributed by atoms with Crippen molar-refractivity contribution < 1.29 is 71.3 Å². The van der Waals surface area contributed by atoms with Gasteiger partial charge < -0.3 is 65.0 Å². The Morgan fingerprint density at radius 1 is 0.527 bits per heavy atom. The molecule has 0 radical (unpaired) electrons. The lowest BCUT2D eigenvalue weighted by Gasteiger charge is -2.12. The number of nitrogens with zero attached hydrogens (tertiary/aromatic N) is 16. The van der Waals surface area contributed by atoms with E-state index >= 15 is 0 Å². The molecule has 12 N–H and O–H groups in total. The molecule has 0 aliphatic carbocycles. The number of amides is 8. The number of carbonyl (C=O) groups is 8. The minimum atomic E-state index is -0.768. The van der Waals surface area contributed by atoms with Crippen LogP contribution in [0.5, 0.6) is 11.5 Å². The minimum Gasteiger partial charge on any atom is -0.491 e. The first-order valence-corrected chi connectivity index (χ1v) is 36.1. The number of nitrogens with two attached hydrogens (primary N) is 4. The van der Waals surface area contributed by atoms with E-state index in [9.17, 15) is 48.6 Å². The van der Waals surface area contributed by atoms with E-state index in [1.165, 1.54) is 36.7 Å². The summed E-state index contributed by atoms with van der Waals surface area (Å²) < 4.78 is 37.6. The van der Waals surface area contributed by atoms with E-state index in [-0.39, 0.29) is 120 Å². The second-order valence-electron chi connectivity index (χ2n) is 24.3. The highest BCUT2D eigenvalue weighted by Crippen LogP contribution is 2.34. The number of oxazole rings is 3. The van der Waals surface area contributed by atoms with Gasteiger partial charge in [-0.1, -0.05) is 67.7 Å². The molecule has 12 aromatic rings.